The molecule has 1 rings (SSSR count). The Labute approximate surface area is 78.5 Å². The smallest absolute Gasteiger partial charge is 0.247 e. The van der Waals surface area contributed by atoms with Gasteiger partial charge in [-0.3, -0.25) is 0 Å². The van der Waals surface area contributed by atoms with Crippen LogP contribution in [0.15, 0.2) is 6.07 Å². The summed E-state index contributed by atoms with van der Waals surface area (Å²) in [7, 11) is 0. The number of hydrogen-bond donors (Lipinski definition) is 0. The summed E-state index contributed by atoms with van der Waals surface area (Å²) in [6, 6.07) is 1.02. The molecule has 5 heteroatoms. The molecule has 1 heterocycles. The zero-order chi connectivity index (χ0) is 10.0. The van der Waals surface area contributed by atoms with Gasteiger partial charge in [0.1, 0.15) is 11.5 Å². The molecule has 0 saturated heterocycles. The van der Waals surface area contributed by atoms with E-state index in [0.717, 1.165) is 6.07 Å². The van der Waals surface area contributed by atoms with Gasteiger partial charge in [0.25, 0.3) is 6.43 Å². The van der Waals surface area contributed by atoms with Crippen molar-refractivity contribution in [1.29, 1.82) is 0 Å². The largest absolute Gasteiger partial charge is 0.280 e. The van der Waals surface area contributed by atoms with E-state index in [1.807, 2.05) is 0 Å². The summed E-state index contributed by atoms with van der Waals surface area (Å²) in [5, 5.41) is 0. The van der Waals surface area contributed by atoms with Crippen molar-refractivity contribution in [2.24, 2.45) is 0 Å². The van der Waals surface area contributed by atoms with Crippen LogP contribution in [0.5, 0.6) is 0 Å². The standard InChI is InChI=1S/C8H7ClF3N/c1-4-2-5(10)6(3-9)13-7(4)8(11)12/h2,8H,3H2,1H3. The molecule has 0 bridgehead atoms. The van der Waals surface area contributed by atoms with Crippen molar-refractivity contribution in [3.63, 3.8) is 0 Å². The van der Waals surface area contributed by atoms with Gasteiger partial charge in [-0.15, -0.1) is 11.6 Å². The van der Waals surface area contributed by atoms with E-state index in [4.69, 9.17) is 11.6 Å². The van der Waals surface area contributed by atoms with Crippen LogP contribution in [0.1, 0.15) is 23.4 Å². The second-order valence-corrected chi connectivity index (χ2v) is 2.82. The summed E-state index contributed by atoms with van der Waals surface area (Å²) in [6.07, 6.45) is -2.69. The molecule has 0 spiro atoms. The van der Waals surface area contributed by atoms with Crippen LogP contribution in [-0.2, 0) is 5.88 Å². The van der Waals surface area contributed by atoms with Gasteiger partial charge in [-0.25, -0.2) is 18.2 Å². The Bertz CT molecular complexity index is 315. The summed E-state index contributed by atoms with van der Waals surface area (Å²) in [5.74, 6) is -0.844. The quantitative estimate of drug-likeness (QED) is 0.682. The lowest BCUT2D eigenvalue weighted by Gasteiger charge is -2.06. The minimum atomic E-state index is -2.69. The second-order valence-electron chi connectivity index (χ2n) is 2.55. The fourth-order valence-corrected chi connectivity index (χ4v) is 1.14. The predicted octanol–water partition coefficient (Wildman–Crippen LogP) is 3.21. The molecule has 1 nitrogen and oxygen atoms in total. The molecule has 0 N–H and O–H groups in total. The molecular weight excluding hydrogens is 203 g/mol. The molecule has 0 aliphatic rings. The molecule has 0 aliphatic carbocycles. The van der Waals surface area contributed by atoms with Crippen molar-refractivity contribution in [3.8, 4) is 0 Å². The fraction of sp³-hybridized carbons (Fsp3) is 0.375. The van der Waals surface area contributed by atoms with Gasteiger partial charge in [-0.05, 0) is 18.6 Å². The highest BCUT2D eigenvalue weighted by atomic mass is 35.5. The molecule has 0 unspecified atom stereocenters. The van der Waals surface area contributed by atoms with Gasteiger partial charge in [0.15, 0.2) is 0 Å². The molecule has 13 heavy (non-hydrogen) atoms. The maximum atomic E-state index is 12.9. The Balaban J connectivity index is 3.22. The van der Waals surface area contributed by atoms with Gasteiger partial charge in [-0.1, -0.05) is 0 Å². The van der Waals surface area contributed by atoms with E-state index in [-0.39, 0.29) is 17.1 Å². The third-order valence-electron chi connectivity index (χ3n) is 1.61. The van der Waals surface area contributed by atoms with Gasteiger partial charge in [0.05, 0.1) is 11.6 Å². The number of halogens is 4. The first-order valence-corrected chi connectivity index (χ1v) is 4.09. The van der Waals surface area contributed by atoms with E-state index in [1.54, 1.807) is 0 Å². The number of pyridine rings is 1. The molecule has 0 amide bonds. The Hall–Kier alpha value is -0.770. The van der Waals surface area contributed by atoms with E-state index < -0.39 is 17.9 Å². The molecule has 72 valence electrons. The topological polar surface area (TPSA) is 12.9 Å². The fourth-order valence-electron chi connectivity index (χ4n) is 0.949. The van der Waals surface area contributed by atoms with E-state index in [0.29, 0.717) is 0 Å². The Morgan fingerprint density at radius 2 is 2.15 bits per heavy atom. The highest BCUT2D eigenvalue weighted by Crippen LogP contribution is 2.22. The van der Waals surface area contributed by atoms with Gasteiger partial charge in [0, 0.05) is 0 Å². The first-order chi connectivity index (χ1) is 6.06. The Morgan fingerprint density at radius 3 is 2.62 bits per heavy atom. The summed E-state index contributed by atoms with van der Waals surface area (Å²) in [6.45, 7) is 1.38. The van der Waals surface area contributed by atoms with Crippen molar-refractivity contribution in [3.05, 3.63) is 28.8 Å². The molecule has 0 aliphatic heterocycles. The van der Waals surface area contributed by atoms with Gasteiger partial charge in [-0.2, -0.15) is 0 Å². The van der Waals surface area contributed by atoms with Crippen molar-refractivity contribution >= 4 is 11.6 Å². The monoisotopic (exact) mass is 209 g/mol. The average molecular weight is 210 g/mol. The van der Waals surface area contributed by atoms with E-state index in [1.165, 1.54) is 6.92 Å². The third kappa shape index (κ3) is 2.12. The lowest BCUT2D eigenvalue weighted by Crippen LogP contribution is -2.01. The van der Waals surface area contributed by atoms with Crippen LogP contribution < -0.4 is 0 Å². The maximum absolute atomic E-state index is 12.9. The van der Waals surface area contributed by atoms with Crippen LogP contribution in [0.2, 0.25) is 0 Å². The summed E-state index contributed by atoms with van der Waals surface area (Å²) < 4.78 is 37.4. The lowest BCUT2D eigenvalue weighted by atomic mass is 10.2. The zero-order valence-electron chi connectivity index (χ0n) is 6.82. The van der Waals surface area contributed by atoms with Crippen LogP contribution in [0.25, 0.3) is 0 Å². The lowest BCUT2D eigenvalue weighted by molar-refractivity contribution is 0.144. The van der Waals surface area contributed by atoms with Crippen LogP contribution in [0, 0.1) is 12.7 Å². The van der Waals surface area contributed by atoms with Crippen molar-refractivity contribution in [2.45, 2.75) is 19.2 Å². The van der Waals surface area contributed by atoms with Crippen molar-refractivity contribution in [2.75, 3.05) is 0 Å². The van der Waals surface area contributed by atoms with Crippen LogP contribution in [0.4, 0.5) is 13.2 Å². The van der Waals surface area contributed by atoms with Gasteiger partial charge in [0.2, 0.25) is 0 Å². The zero-order valence-corrected chi connectivity index (χ0v) is 7.58. The maximum Gasteiger partial charge on any atom is 0.280 e. The van der Waals surface area contributed by atoms with Gasteiger partial charge >= 0.3 is 0 Å². The molecule has 1 aromatic rings. The number of nitrogens with zero attached hydrogens (tertiary/aromatic N) is 1. The summed E-state index contributed by atoms with van der Waals surface area (Å²) in [5.41, 5.74) is -0.402. The minimum absolute atomic E-state index is 0.137. The van der Waals surface area contributed by atoms with Gasteiger partial charge < -0.3 is 0 Å². The van der Waals surface area contributed by atoms with Crippen molar-refractivity contribution in [1.82, 2.24) is 4.98 Å². The Kier molecular flexibility index (Phi) is 3.14. The van der Waals surface area contributed by atoms with Crippen LogP contribution in [-0.4, -0.2) is 4.98 Å². The molecule has 0 fully saturated rings. The van der Waals surface area contributed by atoms with Crippen molar-refractivity contribution < 1.29 is 13.2 Å². The second kappa shape index (κ2) is 3.96. The SMILES string of the molecule is Cc1cc(F)c(CCl)nc1C(F)F. The number of rotatable bonds is 2. The number of hydrogen-bond acceptors (Lipinski definition) is 1. The van der Waals surface area contributed by atoms with E-state index in [9.17, 15) is 13.2 Å². The average Bonchev–Trinajstić information content (AvgIpc) is 2.03. The van der Waals surface area contributed by atoms with E-state index >= 15 is 0 Å². The highest BCUT2D eigenvalue weighted by molar-refractivity contribution is 6.16. The molecule has 0 radical (unpaired) electrons. The third-order valence-corrected chi connectivity index (χ3v) is 1.86. The molecule has 0 saturated carbocycles. The number of aryl methyl sites for hydroxylation is 1. The highest BCUT2D eigenvalue weighted by Gasteiger charge is 2.15. The number of aromatic nitrogens is 1. The molecule has 0 atom stereocenters. The molecule has 0 aromatic carbocycles. The van der Waals surface area contributed by atoms with Crippen LogP contribution in [0.3, 0.4) is 0 Å². The molecular formula is C8H7ClF3N. The molecule has 1 aromatic heterocycles. The predicted molar refractivity (Wildman–Crippen MR) is 43.4 cm³/mol. The first kappa shape index (κ1) is 10.3. The minimum Gasteiger partial charge on any atom is -0.247 e. The Morgan fingerprint density at radius 1 is 1.54 bits per heavy atom. The number of alkyl halides is 3. The first-order valence-electron chi connectivity index (χ1n) is 3.56. The van der Waals surface area contributed by atoms with Crippen LogP contribution >= 0.6 is 11.6 Å². The van der Waals surface area contributed by atoms with E-state index in [2.05, 4.69) is 4.98 Å². The summed E-state index contributed by atoms with van der Waals surface area (Å²) >= 11 is 5.31. The summed E-state index contributed by atoms with van der Waals surface area (Å²) in [4.78, 5) is 3.43. The normalized spacial score (nSPS) is 10.9.